The maximum absolute atomic E-state index is 13.9. The van der Waals surface area contributed by atoms with Gasteiger partial charge in [-0.1, -0.05) is 15.9 Å². The first-order chi connectivity index (χ1) is 9.63. The molecular weight excluding hydrogens is 329 g/mol. The lowest BCUT2D eigenvalue weighted by molar-refractivity contribution is 0.629. The Morgan fingerprint density at radius 3 is 2.80 bits per heavy atom. The van der Waals surface area contributed by atoms with Crippen LogP contribution in [-0.4, -0.2) is 29.7 Å². The van der Waals surface area contributed by atoms with E-state index in [1.807, 2.05) is 0 Å². The molecule has 0 atom stereocenters. The minimum atomic E-state index is -0.455. The van der Waals surface area contributed by atoms with Crippen LogP contribution in [0.2, 0.25) is 0 Å². The summed E-state index contributed by atoms with van der Waals surface area (Å²) in [5.74, 6) is -0.186. The zero-order valence-electron chi connectivity index (χ0n) is 9.90. The maximum atomic E-state index is 13.9. The fraction of sp³-hybridized carbons (Fsp3) is 0. The lowest BCUT2D eigenvalue weighted by Gasteiger charge is -2.05. The molecular formula is C11H7BrFN7. The summed E-state index contributed by atoms with van der Waals surface area (Å²) in [6.45, 7) is 0. The molecule has 0 fully saturated rings. The van der Waals surface area contributed by atoms with E-state index in [-0.39, 0.29) is 23.3 Å². The fourth-order valence-electron chi connectivity index (χ4n) is 1.58. The molecule has 9 heteroatoms. The minimum Gasteiger partial charge on any atom is -0.368 e. The fourth-order valence-corrected chi connectivity index (χ4v) is 1.95. The number of halogens is 2. The molecule has 3 rings (SSSR count). The molecule has 3 aromatic rings. The average molecular weight is 336 g/mol. The lowest BCUT2D eigenvalue weighted by Crippen LogP contribution is -2.08. The third-order valence-corrected chi connectivity index (χ3v) is 2.93. The van der Waals surface area contributed by atoms with Crippen LogP contribution in [0.1, 0.15) is 0 Å². The first kappa shape index (κ1) is 12.6. The Hall–Kier alpha value is -2.42. The number of hydrogen-bond acceptors (Lipinski definition) is 6. The van der Waals surface area contributed by atoms with Crippen LogP contribution in [0, 0.1) is 5.82 Å². The van der Waals surface area contributed by atoms with Crippen LogP contribution in [0.25, 0.3) is 17.3 Å². The predicted octanol–water partition coefficient (Wildman–Crippen LogP) is 1.60. The highest BCUT2D eigenvalue weighted by Gasteiger charge is 2.13. The molecule has 2 aromatic heterocycles. The van der Waals surface area contributed by atoms with Crippen molar-refractivity contribution in [2.75, 3.05) is 5.73 Å². The van der Waals surface area contributed by atoms with Crippen LogP contribution >= 0.6 is 15.9 Å². The number of benzene rings is 1. The normalized spacial score (nSPS) is 10.7. The van der Waals surface area contributed by atoms with Gasteiger partial charge in [0.25, 0.3) is 5.95 Å². The molecule has 2 N–H and O–H groups in total. The van der Waals surface area contributed by atoms with Gasteiger partial charge >= 0.3 is 0 Å². The van der Waals surface area contributed by atoms with Crippen LogP contribution in [-0.2, 0) is 0 Å². The van der Waals surface area contributed by atoms with E-state index in [9.17, 15) is 4.39 Å². The van der Waals surface area contributed by atoms with Crippen molar-refractivity contribution in [2.45, 2.75) is 0 Å². The number of aromatic nitrogens is 6. The van der Waals surface area contributed by atoms with Crippen molar-refractivity contribution in [3.05, 3.63) is 41.1 Å². The molecule has 20 heavy (non-hydrogen) atoms. The molecule has 1 aromatic carbocycles. The molecule has 0 radical (unpaired) electrons. The van der Waals surface area contributed by atoms with Crippen LogP contribution in [0.5, 0.6) is 0 Å². The van der Waals surface area contributed by atoms with Crippen LogP contribution < -0.4 is 5.73 Å². The highest BCUT2D eigenvalue weighted by Crippen LogP contribution is 2.24. The summed E-state index contributed by atoms with van der Waals surface area (Å²) >= 11 is 3.27. The number of anilines is 1. The lowest BCUT2D eigenvalue weighted by atomic mass is 10.2. The van der Waals surface area contributed by atoms with Crippen LogP contribution in [0.4, 0.5) is 10.3 Å². The van der Waals surface area contributed by atoms with Gasteiger partial charge in [-0.05, 0) is 18.2 Å². The largest absolute Gasteiger partial charge is 0.368 e. The van der Waals surface area contributed by atoms with Crippen molar-refractivity contribution in [1.82, 2.24) is 29.7 Å². The summed E-state index contributed by atoms with van der Waals surface area (Å²) in [7, 11) is 0. The summed E-state index contributed by atoms with van der Waals surface area (Å²) in [5, 5.41) is 3.90. The molecule has 2 heterocycles. The van der Waals surface area contributed by atoms with Gasteiger partial charge in [-0.2, -0.15) is 24.7 Å². The molecule has 0 saturated carbocycles. The van der Waals surface area contributed by atoms with Gasteiger partial charge in [-0.3, -0.25) is 0 Å². The molecule has 0 amide bonds. The van der Waals surface area contributed by atoms with E-state index in [0.29, 0.717) is 4.47 Å². The van der Waals surface area contributed by atoms with Crippen LogP contribution in [0.15, 0.2) is 35.3 Å². The molecule has 0 unspecified atom stereocenters. The third-order valence-electron chi connectivity index (χ3n) is 2.43. The Bertz CT molecular complexity index is 759. The molecule has 0 aliphatic rings. The Balaban J connectivity index is 2.17. The van der Waals surface area contributed by atoms with Gasteiger partial charge in [-0.25, -0.2) is 9.37 Å². The molecule has 0 saturated heterocycles. The number of hydrogen-bond donors (Lipinski definition) is 1. The molecule has 0 spiro atoms. The van der Waals surface area contributed by atoms with Crippen molar-refractivity contribution in [2.24, 2.45) is 0 Å². The molecule has 100 valence electrons. The second-order valence-corrected chi connectivity index (χ2v) is 4.70. The van der Waals surface area contributed by atoms with Gasteiger partial charge in [-0.15, -0.1) is 0 Å². The van der Waals surface area contributed by atoms with E-state index in [1.54, 1.807) is 12.1 Å². The maximum Gasteiger partial charge on any atom is 0.257 e. The van der Waals surface area contributed by atoms with E-state index in [2.05, 4.69) is 41.0 Å². The summed E-state index contributed by atoms with van der Waals surface area (Å²) in [4.78, 5) is 15.8. The van der Waals surface area contributed by atoms with Gasteiger partial charge < -0.3 is 5.73 Å². The summed E-state index contributed by atoms with van der Waals surface area (Å²) in [6.07, 6.45) is 2.75. The standard InChI is InChI=1S/C11H7BrFN7/c12-6-1-2-8(13)7(3-6)9-17-10(14)19-11(18-9)20-5-15-4-16-20/h1-5H,(H2,14,17,18,19). The molecule has 7 nitrogen and oxygen atoms in total. The summed E-state index contributed by atoms with van der Waals surface area (Å²) in [5.41, 5.74) is 5.85. The van der Waals surface area contributed by atoms with Gasteiger partial charge in [0.1, 0.15) is 18.5 Å². The monoisotopic (exact) mass is 335 g/mol. The summed E-state index contributed by atoms with van der Waals surface area (Å²) in [6, 6.07) is 4.46. The van der Waals surface area contributed by atoms with Crippen molar-refractivity contribution in [3.63, 3.8) is 0 Å². The minimum absolute atomic E-state index is 0.0279. The van der Waals surface area contributed by atoms with Crippen molar-refractivity contribution >= 4 is 21.9 Å². The van der Waals surface area contributed by atoms with E-state index in [0.717, 1.165) is 0 Å². The van der Waals surface area contributed by atoms with Gasteiger partial charge in [0.2, 0.25) is 5.95 Å². The van der Waals surface area contributed by atoms with E-state index in [1.165, 1.54) is 23.4 Å². The summed E-state index contributed by atoms with van der Waals surface area (Å²) < 4.78 is 15.9. The van der Waals surface area contributed by atoms with Gasteiger partial charge in [0.05, 0.1) is 5.56 Å². The van der Waals surface area contributed by atoms with Gasteiger partial charge in [0.15, 0.2) is 5.82 Å². The smallest absolute Gasteiger partial charge is 0.257 e. The highest BCUT2D eigenvalue weighted by molar-refractivity contribution is 9.10. The first-order valence-electron chi connectivity index (χ1n) is 5.45. The number of nitrogens with zero attached hydrogens (tertiary/aromatic N) is 6. The zero-order chi connectivity index (χ0) is 14.1. The van der Waals surface area contributed by atoms with Crippen molar-refractivity contribution < 1.29 is 4.39 Å². The van der Waals surface area contributed by atoms with E-state index in [4.69, 9.17) is 5.73 Å². The van der Waals surface area contributed by atoms with Crippen molar-refractivity contribution in [3.8, 4) is 17.3 Å². The molecule has 0 aliphatic carbocycles. The number of nitrogens with two attached hydrogens (primary N) is 1. The van der Waals surface area contributed by atoms with Gasteiger partial charge in [0, 0.05) is 4.47 Å². The Morgan fingerprint density at radius 1 is 1.20 bits per heavy atom. The number of rotatable bonds is 2. The Labute approximate surface area is 120 Å². The third kappa shape index (κ3) is 2.35. The zero-order valence-corrected chi connectivity index (χ0v) is 11.5. The average Bonchev–Trinajstić information content (AvgIpc) is 2.95. The number of nitrogen functional groups attached to an aromatic ring is 1. The highest BCUT2D eigenvalue weighted by atomic mass is 79.9. The second-order valence-electron chi connectivity index (χ2n) is 3.78. The quantitative estimate of drug-likeness (QED) is 0.764. The Kier molecular flexibility index (Phi) is 3.11. The predicted molar refractivity (Wildman–Crippen MR) is 72.3 cm³/mol. The molecule has 0 bridgehead atoms. The SMILES string of the molecule is Nc1nc(-c2cc(Br)ccc2F)nc(-n2cncn2)n1. The Morgan fingerprint density at radius 2 is 2.05 bits per heavy atom. The molecule has 0 aliphatic heterocycles. The second kappa shape index (κ2) is 4.93. The van der Waals surface area contributed by atoms with Crippen molar-refractivity contribution in [1.29, 1.82) is 0 Å². The van der Waals surface area contributed by atoms with E-state index >= 15 is 0 Å². The first-order valence-corrected chi connectivity index (χ1v) is 6.25. The topological polar surface area (TPSA) is 95.4 Å². The van der Waals surface area contributed by atoms with Crippen LogP contribution in [0.3, 0.4) is 0 Å². The van der Waals surface area contributed by atoms with E-state index < -0.39 is 5.82 Å².